The number of hydrogen-bond donors (Lipinski definition) is 2. The topological polar surface area (TPSA) is 41.3 Å². The van der Waals surface area contributed by atoms with Crippen LogP contribution in [0.3, 0.4) is 0 Å². The molecule has 2 aliphatic heterocycles. The van der Waals surface area contributed by atoms with Crippen LogP contribution in [0.5, 0.6) is 0 Å². The lowest BCUT2D eigenvalue weighted by Crippen LogP contribution is -2.58. The van der Waals surface area contributed by atoms with Crippen LogP contribution in [0.4, 0.5) is 0 Å². The first-order chi connectivity index (χ1) is 7.32. The van der Waals surface area contributed by atoms with Gasteiger partial charge in [-0.25, -0.2) is 0 Å². The number of fused-ring (bicyclic) bond motifs is 1. The van der Waals surface area contributed by atoms with E-state index in [4.69, 9.17) is 5.73 Å². The summed E-state index contributed by atoms with van der Waals surface area (Å²) in [5.41, 5.74) is 6.11. The highest BCUT2D eigenvalue weighted by Crippen LogP contribution is 2.35. The van der Waals surface area contributed by atoms with E-state index in [0.717, 1.165) is 13.1 Å². The number of nitrogens with zero attached hydrogens (tertiary/aromatic N) is 1. The van der Waals surface area contributed by atoms with E-state index in [2.05, 4.69) is 22.1 Å². The summed E-state index contributed by atoms with van der Waals surface area (Å²) in [6.45, 7) is 5.85. The van der Waals surface area contributed by atoms with Crippen LogP contribution < -0.4 is 11.1 Å². The fourth-order valence-corrected chi connectivity index (χ4v) is 3.05. The van der Waals surface area contributed by atoms with Crippen molar-refractivity contribution in [3.05, 3.63) is 0 Å². The maximum Gasteiger partial charge on any atom is 0.0581 e. The molecule has 0 aromatic carbocycles. The highest BCUT2D eigenvalue weighted by Gasteiger charge is 2.47. The summed E-state index contributed by atoms with van der Waals surface area (Å²) >= 11 is 0. The lowest BCUT2D eigenvalue weighted by atomic mass is 9.88. The van der Waals surface area contributed by atoms with Crippen molar-refractivity contribution in [2.45, 2.75) is 37.8 Å². The van der Waals surface area contributed by atoms with Gasteiger partial charge in [-0.3, -0.25) is 10.2 Å². The molecule has 2 saturated heterocycles. The van der Waals surface area contributed by atoms with Gasteiger partial charge in [0.15, 0.2) is 0 Å². The Morgan fingerprint density at radius 1 is 1.53 bits per heavy atom. The van der Waals surface area contributed by atoms with Crippen molar-refractivity contribution >= 4 is 0 Å². The Bertz CT molecular complexity index is 278. The Hall–Kier alpha value is -0.560. The van der Waals surface area contributed by atoms with E-state index in [0.29, 0.717) is 6.04 Å². The van der Waals surface area contributed by atoms with Gasteiger partial charge < -0.3 is 5.73 Å². The molecule has 0 amide bonds. The van der Waals surface area contributed by atoms with Crippen LogP contribution in [-0.2, 0) is 0 Å². The van der Waals surface area contributed by atoms with Gasteiger partial charge in [0.25, 0.3) is 0 Å². The van der Waals surface area contributed by atoms with E-state index in [1.54, 1.807) is 0 Å². The first-order valence-corrected chi connectivity index (χ1v) is 5.91. The molecule has 0 saturated carbocycles. The standard InChI is InChI=1S/C12H21N3/c1-2-3-7-14-12(10-13)6-9-15-8-4-5-11(12)15/h11,14H,4-10,13H2,1H3. The van der Waals surface area contributed by atoms with Gasteiger partial charge in [0.2, 0.25) is 0 Å². The summed E-state index contributed by atoms with van der Waals surface area (Å²) in [6, 6.07) is 0.654. The average Bonchev–Trinajstić information content (AvgIpc) is 2.82. The molecular formula is C12H21N3. The van der Waals surface area contributed by atoms with E-state index in [9.17, 15) is 0 Å². The summed E-state index contributed by atoms with van der Waals surface area (Å²) in [4.78, 5) is 2.58. The molecule has 0 aromatic heterocycles. The Morgan fingerprint density at radius 2 is 2.40 bits per heavy atom. The Balaban J connectivity index is 2.03. The molecule has 0 aromatic rings. The maximum atomic E-state index is 5.97. The third-order valence-electron chi connectivity index (χ3n) is 3.92. The van der Waals surface area contributed by atoms with Crippen molar-refractivity contribution in [2.75, 3.05) is 26.2 Å². The lowest BCUT2D eigenvalue weighted by Gasteiger charge is -2.34. The summed E-state index contributed by atoms with van der Waals surface area (Å²) < 4.78 is 0. The molecule has 0 radical (unpaired) electrons. The van der Waals surface area contributed by atoms with Crippen LogP contribution >= 0.6 is 0 Å². The Kier molecular flexibility index (Phi) is 3.30. The number of rotatable bonds is 3. The summed E-state index contributed by atoms with van der Waals surface area (Å²) in [7, 11) is 0. The smallest absolute Gasteiger partial charge is 0.0581 e. The minimum absolute atomic E-state index is 0.139. The zero-order valence-corrected chi connectivity index (χ0v) is 9.55. The third-order valence-corrected chi connectivity index (χ3v) is 3.92. The summed E-state index contributed by atoms with van der Waals surface area (Å²) in [5.74, 6) is 6.00. The van der Waals surface area contributed by atoms with Gasteiger partial charge in [-0.05, 0) is 32.7 Å². The largest absolute Gasteiger partial charge is 0.329 e. The van der Waals surface area contributed by atoms with Gasteiger partial charge in [-0.15, -0.1) is 5.92 Å². The van der Waals surface area contributed by atoms with Crippen LogP contribution in [0, 0.1) is 11.8 Å². The Morgan fingerprint density at radius 3 is 3.13 bits per heavy atom. The Labute approximate surface area is 92.4 Å². The molecule has 3 nitrogen and oxygen atoms in total. The molecule has 0 bridgehead atoms. The van der Waals surface area contributed by atoms with Crippen LogP contribution in [0.1, 0.15) is 26.2 Å². The van der Waals surface area contributed by atoms with E-state index < -0.39 is 0 Å². The predicted octanol–water partition coefficient (Wildman–Crippen LogP) is 0.165. The average molecular weight is 207 g/mol. The maximum absolute atomic E-state index is 5.97. The quantitative estimate of drug-likeness (QED) is 0.648. The minimum atomic E-state index is 0.139. The van der Waals surface area contributed by atoms with E-state index in [-0.39, 0.29) is 5.54 Å². The summed E-state index contributed by atoms with van der Waals surface area (Å²) in [5, 5.41) is 3.58. The van der Waals surface area contributed by atoms with Gasteiger partial charge in [0.1, 0.15) is 0 Å². The normalized spacial score (nSPS) is 34.9. The molecule has 2 fully saturated rings. The highest BCUT2D eigenvalue weighted by molar-refractivity contribution is 5.11. The molecule has 2 unspecified atom stereocenters. The second-order valence-corrected chi connectivity index (χ2v) is 4.58. The van der Waals surface area contributed by atoms with Crippen molar-refractivity contribution in [3.63, 3.8) is 0 Å². The zero-order chi connectivity index (χ0) is 10.7. The molecule has 2 aliphatic rings. The second kappa shape index (κ2) is 4.52. The monoisotopic (exact) mass is 207 g/mol. The zero-order valence-electron chi connectivity index (χ0n) is 9.55. The highest BCUT2D eigenvalue weighted by atomic mass is 15.3. The first-order valence-electron chi connectivity index (χ1n) is 5.91. The molecule has 84 valence electrons. The van der Waals surface area contributed by atoms with Crippen molar-refractivity contribution in [1.82, 2.24) is 10.2 Å². The molecule has 2 atom stereocenters. The SMILES string of the molecule is CC#CCNC1(CN)CCN2CCCC21. The van der Waals surface area contributed by atoms with Crippen molar-refractivity contribution in [2.24, 2.45) is 5.73 Å². The van der Waals surface area contributed by atoms with Gasteiger partial charge in [-0.1, -0.05) is 5.92 Å². The van der Waals surface area contributed by atoms with Crippen LogP contribution in [-0.4, -0.2) is 42.7 Å². The van der Waals surface area contributed by atoms with Crippen molar-refractivity contribution < 1.29 is 0 Å². The van der Waals surface area contributed by atoms with Crippen molar-refractivity contribution in [3.8, 4) is 11.8 Å². The molecular weight excluding hydrogens is 186 g/mol. The number of nitrogens with two attached hydrogens (primary N) is 1. The molecule has 0 spiro atoms. The molecule has 2 rings (SSSR count). The summed E-state index contributed by atoms with van der Waals surface area (Å²) in [6.07, 6.45) is 3.80. The van der Waals surface area contributed by atoms with E-state index in [1.165, 1.54) is 32.4 Å². The molecule has 3 heteroatoms. The molecule has 0 aliphatic carbocycles. The predicted molar refractivity (Wildman–Crippen MR) is 62.5 cm³/mol. The first kappa shape index (κ1) is 10.9. The molecule has 15 heavy (non-hydrogen) atoms. The molecule has 3 N–H and O–H groups in total. The molecule has 2 heterocycles. The minimum Gasteiger partial charge on any atom is -0.329 e. The number of hydrogen-bond acceptors (Lipinski definition) is 3. The van der Waals surface area contributed by atoms with Gasteiger partial charge in [0, 0.05) is 24.7 Å². The van der Waals surface area contributed by atoms with Gasteiger partial charge in [0.05, 0.1) is 6.54 Å². The van der Waals surface area contributed by atoms with Gasteiger partial charge in [-0.2, -0.15) is 0 Å². The fraction of sp³-hybridized carbons (Fsp3) is 0.833. The van der Waals surface area contributed by atoms with Crippen LogP contribution in [0.15, 0.2) is 0 Å². The lowest BCUT2D eigenvalue weighted by molar-refractivity contribution is 0.235. The van der Waals surface area contributed by atoms with Gasteiger partial charge >= 0.3 is 0 Å². The third kappa shape index (κ3) is 1.90. The van der Waals surface area contributed by atoms with E-state index >= 15 is 0 Å². The van der Waals surface area contributed by atoms with Crippen LogP contribution in [0.2, 0.25) is 0 Å². The van der Waals surface area contributed by atoms with Crippen molar-refractivity contribution in [1.29, 1.82) is 0 Å². The second-order valence-electron chi connectivity index (χ2n) is 4.58. The van der Waals surface area contributed by atoms with E-state index in [1.807, 2.05) is 6.92 Å². The fourth-order valence-electron chi connectivity index (χ4n) is 3.05. The number of nitrogens with one attached hydrogen (secondary N) is 1. The van der Waals surface area contributed by atoms with Crippen LogP contribution in [0.25, 0.3) is 0 Å².